The smallest absolute Gasteiger partial charge is 0.266 e. The molecule has 1 atom stereocenters. The van der Waals surface area contributed by atoms with Crippen molar-refractivity contribution >= 4 is 34.0 Å². The Kier molecular flexibility index (Phi) is 5.22. The van der Waals surface area contributed by atoms with Gasteiger partial charge in [-0.3, -0.25) is 14.5 Å². The van der Waals surface area contributed by atoms with Crippen molar-refractivity contribution in [1.82, 2.24) is 34.9 Å². The fraction of sp³-hybridized carbons (Fsp3) is 0.250. The lowest BCUT2D eigenvalue weighted by molar-refractivity contribution is 0.425. The molecule has 4 heterocycles. The van der Waals surface area contributed by atoms with Crippen LogP contribution in [0.2, 0.25) is 5.02 Å². The topological polar surface area (TPSA) is 153 Å². The molecule has 6 rings (SSSR count). The van der Waals surface area contributed by atoms with E-state index in [4.69, 9.17) is 21.9 Å². The van der Waals surface area contributed by atoms with Crippen LogP contribution < -0.4 is 16.6 Å². The molecule has 0 aliphatic heterocycles. The zero-order valence-electron chi connectivity index (χ0n) is 19.5. The summed E-state index contributed by atoms with van der Waals surface area (Å²) in [6, 6.07) is 8.81. The summed E-state index contributed by atoms with van der Waals surface area (Å²) in [6.45, 7) is 3.62. The van der Waals surface area contributed by atoms with Gasteiger partial charge in [0.25, 0.3) is 11.4 Å². The number of nitrogens with zero attached hydrogens (tertiary/aromatic N) is 6. The van der Waals surface area contributed by atoms with Gasteiger partial charge in [-0.1, -0.05) is 28.9 Å². The SMILES string of the molecule is Cc1noc(-c2c(N)ncnc2N[C@@H](C)c2cc3cccc(Cl)c3c(=O)n2-c2cc(C3CC3)[nH]n2)n1. The first-order chi connectivity index (χ1) is 17.4. The highest BCUT2D eigenvalue weighted by Gasteiger charge is 2.27. The Morgan fingerprint density at radius 2 is 2.11 bits per heavy atom. The van der Waals surface area contributed by atoms with E-state index in [0.29, 0.717) is 45.0 Å². The minimum absolute atomic E-state index is 0.187. The van der Waals surface area contributed by atoms with Crippen molar-refractivity contribution in [2.45, 2.75) is 38.6 Å². The minimum atomic E-state index is -0.417. The molecule has 1 aliphatic rings. The molecule has 182 valence electrons. The van der Waals surface area contributed by atoms with E-state index in [1.54, 1.807) is 17.6 Å². The summed E-state index contributed by atoms with van der Waals surface area (Å²) in [5.41, 5.74) is 7.95. The maximum atomic E-state index is 13.8. The lowest BCUT2D eigenvalue weighted by Gasteiger charge is -2.21. The second kappa shape index (κ2) is 8.45. The van der Waals surface area contributed by atoms with Crippen molar-refractivity contribution in [2.75, 3.05) is 11.1 Å². The lowest BCUT2D eigenvalue weighted by atomic mass is 10.1. The molecule has 1 aliphatic carbocycles. The van der Waals surface area contributed by atoms with Crippen LogP contribution in [0.3, 0.4) is 0 Å². The first-order valence-corrected chi connectivity index (χ1v) is 11.9. The van der Waals surface area contributed by atoms with Crippen molar-refractivity contribution in [3.05, 3.63) is 69.2 Å². The number of nitrogens with two attached hydrogens (primary N) is 1. The molecule has 0 bridgehead atoms. The Hall–Kier alpha value is -4.25. The van der Waals surface area contributed by atoms with Crippen molar-refractivity contribution in [2.24, 2.45) is 0 Å². The predicted octanol–water partition coefficient (Wildman–Crippen LogP) is 4.15. The van der Waals surface area contributed by atoms with E-state index in [2.05, 4.69) is 35.6 Å². The first kappa shape index (κ1) is 22.2. The van der Waals surface area contributed by atoms with Crippen LogP contribution in [0.25, 0.3) is 28.0 Å². The van der Waals surface area contributed by atoms with Gasteiger partial charge in [-0.05, 0) is 44.2 Å². The Morgan fingerprint density at radius 1 is 1.28 bits per heavy atom. The number of aromatic nitrogens is 7. The average molecular weight is 504 g/mol. The number of aryl methyl sites for hydroxylation is 1. The van der Waals surface area contributed by atoms with Gasteiger partial charge in [-0.15, -0.1) is 0 Å². The standard InChI is InChI=1S/C24H22ClN9O2/c1-11(29-22-20(21(26)27-10-28-22)23-30-12(2)33-36-23)17-8-14-4-3-5-15(25)19(14)24(35)34(17)18-9-16(31-32-18)13-6-7-13/h3-5,8-11,13H,6-7H2,1-2H3,(H,31,32)(H3,26,27,28,29)/t11-/m0/s1. The van der Waals surface area contributed by atoms with Gasteiger partial charge < -0.3 is 15.6 Å². The summed E-state index contributed by atoms with van der Waals surface area (Å²) >= 11 is 6.45. The quantitative estimate of drug-likeness (QED) is 0.310. The van der Waals surface area contributed by atoms with Crippen LogP contribution in [0, 0.1) is 6.92 Å². The molecule has 1 aromatic carbocycles. The van der Waals surface area contributed by atoms with Crippen molar-refractivity contribution < 1.29 is 4.52 Å². The van der Waals surface area contributed by atoms with Crippen LogP contribution in [0.15, 0.2) is 46.0 Å². The highest BCUT2D eigenvalue weighted by Crippen LogP contribution is 2.39. The zero-order chi connectivity index (χ0) is 25.0. The van der Waals surface area contributed by atoms with Crippen LogP contribution in [0.1, 0.15) is 48.9 Å². The molecule has 11 nitrogen and oxygen atoms in total. The third kappa shape index (κ3) is 3.77. The number of rotatable bonds is 6. The summed E-state index contributed by atoms with van der Waals surface area (Å²) in [5.74, 6) is 2.19. The number of aromatic amines is 1. The summed E-state index contributed by atoms with van der Waals surface area (Å²) in [4.78, 5) is 26.5. The van der Waals surface area contributed by atoms with E-state index < -0.39 is 6.04 Å². The number of halogens is 1. The van der Waals surface area contributed by atoms with E-state index in [-0.39, 0.29) is 17.3 Å². The minimum Gasteiger partial charge on any atom is -0.383 e. The van der Waals surface area contributed by atoms with Crippen molar-refractivity contribution in [1.29, 1.82) is 0 Å². The van der Waals surface area contributed by atoms with Gasteiger partial charge in [0.05, 0.1) is 22.1 Å². The number of fused-ring (bicyclic) bond motifs is 1. The van der Waals surface area contributed by atoms with E-state index in [1.807, 2.05) is 31.2 Å². The summed E-state index contributed by atoms with van der Waals surface area (Å²) in [7, 11) is 0. The number of benzene rings is 1. The molecule has 0 spiro atoms. The number of anilines is 2. The number of H-pyrrole nitrogens is 1. The van der Waals surface area contributed by atoms with Crippen LogP contribution in [-0.4, -0.2) is 34.9 Å². The molecule has 0 unspecified atom stereocenters. The van der Waals surface area contributed by atoms with Gasteiger partial charge in [0, 0.05) is 17.7 Å². The number of nitrogen functional groups attached to an aromatic ring is 1. The molecule has 1 fully saturated rings. The molecule has 0 radical (unpaired) electrons. The maximum absolute atomic E-state index is 13.8. The molecular weight excluding hydrogens is 482 g/mol. The second-order valence-corrected chi connectivity index (χ2v) is 9.27. The highest BCUT2D eigenvalue weighted by molar-refractivity contribution is 6.35. The molecule has 12 heteroatoms. The molecular formula is C24H22ClN9O2. The van der Waals surface area contributed by atoms with E-state index in [1.165, 1.54) is 6.33 Å². The molecule has 36 heavy (non-hydrogen) atoms. The second-order valence-electron chi connectivity index (χ2n) is 8.86. The highest BCUT2D eigenvalue weighted by atomic mass is 35.5. The molecule has 0 saturated heterocycles. The first-order valence-electron chi connectivity index (χ1n) is 11.5. The Bertz CT molecular complexity index is 1670. The van der Waals surface area contributed by atoms with Gasteiger partial charge in [-0.25, -0.2) is 9.97 Å². The Morgan fingerprint density at radius 3 is 2.86 bits per heavy atom. The van der Waals surface area contributed by atoms with E-state index in [0.717, 1.165) is 23.9 Å². The van der Waals surface area contributed by atoms with Crippen LogP contribution in [0.4, 0.5) is 11.6 Å². The van der Waals surface area contributed by atoms with Crippen LogP contribution >= 0.6 is 11.6 Å². The summed E-state index contributed by atoms with van der Waals surface area (Å²) in [6.07, 6.45) is 3.57. The molecule has 5 aromatic rings. The Balaban J connectivity index is 1.49. The summed E-state index contributed by atoms with van der Waals surface area (Å²) < 4.78 is 6.91. The average Bonchev–Trinajstić information content (AvgIpc) is 3.43. The largest absolute Gasteiger partial charge is 0.383 e. The fourth-order valence-corrected chi connectivity index (χ4v) is 4.60. The fourth-order valence-electron chi connectivity index (χ4n) is 4.34. The Labute approximate surface area is 209 Å². The third-order valence-corrected chi connectivity index (χ3v) is 6.58. The monoisotopic (exact) mass is 503 g/mol. The number of hydrogen-bond acceptors (Lipinski definition) is 9. The van der Waals surface area contributed by atoms with Gasteiger partial charge in [0.2, 0.25) is 0 Å². The van der Waals surface area contributed by atoms with Gasteiger partial charge in [0.15, 0.2) is 11.6 Å². The number of hydrogen-bond donors (Lipinski definition) is 3. The maximum Gasteiger partial charge on any atom is 0.266 e. The van der Waals surface area contributed by atoms with E-state index >= 15 is 0 Å². The third-order valence-electron chi connectivity index (χ3n) is 6.27. The molecule has 4 aromatic heterocycles. The van der Waals surface area contributed by atoms with Gasteiger partial charge >= 0.3 is 0 Å². The van der Waals surface area contributed by atoms with Crippen LogP contribution in [-0.2, 0) is 0 Å². The predicted molar refractivity (Wildman–Crippen MR) is 135 cm³/mol. The van der Waals surface area contributed by atoms with Gasteiger partial charge in [-0.2, -0.15) is 10.1 Å². The van der Waals surface area contributed by atoms with Crippen molar-refractivity contribution in [3.63, 3.8) is 0 Å². The zero-order valence-corrected chi connectivity index (χ0v) is 20.2. The van der Waals surface area contributed by atoms with Gasteiger partial charge in [0.1, 0.15) is 23.5 Å². The lowest BCUT2D eigenvalue weighted by Crippen LogP contribution is -2.26. The van der Waals surface area contributed by atoms with E-state index in [9.17, 15) is 4.79 Å². The summed E-state index contributed by atoms with van der Waals surface area (Å²) in [5, 5.41) is 16.3. The molecule has 4 N–H and O–H groups in total. The number of nitrogens with one attached hydrogen (secondary N) is 2. The number of pyridine rings is 1. The molecule has 1 saturated carbocycles. The van der Waals surface area contributed by atoms with Crippen LogP contribution in [0.5, 0.6) is 0 Å². The normalized spacial score (nSPS) is 14.3. The van der Waals surface area contributed by atoms with Crippen molar-refractivity contribution in [3.8, 4) is 17.3 Å². The molecule has 0 amide bonds.